The van der Waals surface area contributed by atoms with Gasteiger partial charge in [0.05, 0.1) is 4.90 Å². The normalized spacial score (nSPS) is 17.0. The minimum atomic E-state index is -4.11. The molecule has 3 N–H and O–H groups in total. The molecule has 34 heavy (non-hydrogen) atoms. The summed E-state index contributed by atoms with van der Waals surface area (Å²) in [6.45, 7) is 3.79. The molecule has 0 aliphatic carbocycles. The molecule has 0 unspecified atom stereocenters. The van der Waals surface area contributed by atoms with Crippen LogP contribution in [-0.4, -0.2) is 44.5 Å². The second-order valence-electron chi connectivity index (χ2n) is 8.48. The third-order valence-corrected chi connectivity index (χ3v) is 7.43. The predicted octanol–water partition coefficient (Wildman–Crippen LogP) is 3.05. The molecule has 3 aromatic rings. The summed E-state index contributed by atoms with van der Waals surface area (Å²) in [5, 5.41) is 14.8. The lowest BCUT2D eigenvalue weighted by atomic mass is 9.99. The first kappa shape index (κ1) is 23.7. The van der Waals surface area contributed by atoms with Crippen LogP contribution in [-0.2, 0) is 19.6 Å². The van der Waals surface area contributed by atoms with Crippen molar-refractivity contribution >= 4 is 38.4 Å². The zero-order valence-electron chi connectivity index (χ0n) is 18.8. The van der Waals surface area contributed by atoms with Gasteiger partial charge >= 0.3 is 5.97 Å². The SMILES string of the molecule is C[C@@H](N[C@H]1CCN(c2ccc(S(=O)(=O)NC(=O)CC(=O)O)cc2)C1)c1cccc2ccccc12. The molecular weight excluding hydrogens is 454 g/mol. The molecule has 4 rings (SSSR count). The maximum atomic E-state index is 12.3. The molecule has 0 saturated carbocycles. The van der Waals surface area contributed by atoms with Crippen molar-refractivity contribution in [3.05, 3.63) is 72.3 Å². The Labute approximate surface area is 198 Å². The van der Waals surface area contributed by atoms with Gasteiger partial charge in [-0.25, -0.2) is 13.1 Å². The second-order valence-corrected chi connectivity index (χ2v) is 10.2. The molecule has 8 nitrogen and oxygen atoms in total. The number of carbonyl (C=O) groups is 2. The lowest BCUT2D eigenvalue weighted by molar-refractivity contribution is -0.140. The van der Waals surface area contributed by atoms with E-state index < -0.39 is 28.3 Å². The molecule has 0 bridgehead atoms. The zero-order valence-corrected chi connectivity index (χ0v) is 19.6. The van der Waals surface area contributed by atoms with Crippen molar-refractivity contribution in [2.45, 2.75) is 36.7 Å². The lowest BCUT2D eigenvalue weighted by Gasteiger charge is -2.23. The number of benzene rings is 3. The van der Waals surface area contributed by atoms with Crippen LogP contribution < -0.4 is 14.9 Å². The monoisotopic (exact) mass is 481 g/mol. The van der Waals surface area contributed by atoms with Gasteiger partial charge in [-0.1, -0.05) is 42.5 Å². The van der Waals surface area contributed by atoms with E-state index in [1.54, 1.807) is 16.9 Å². The molecule has 2 atom stereocenters. The van der Waals surface area contributed by atoms with Gasteiger partial charge < -0.3 is 15.3 Å². The zero-order chi connectivity index (χ0) is 24.3. The number of hydrogen-bond acceptors (Lipinski definition) is 6. The van der Waals surface area contributed by atoms with E-state index in [4.69, 9.17) is 5.11 Å². The maximum Gasteiger partial charge on any atom is 0.312 e. The molecule has 1 amide bonds. The van der Waals surface area contributed by atoms with Crippen LogP contribution >= 0.6 is 0 Å². The molecule has 0 radical (unpaired) electrons. The average molecular weight is 482 g/mol. The van der Waals surface area contributed by atoms with Gasteiger partial charge in [-0.2, -0.15) is 0 Å². The fraction of sp³-hybridized carbons (Fsp3) is 0.280. The number of aliphatic carboxylic acids is 1. The number of nitrogens with one attached hydrogen (secondary N) is 2. The Bertz CT molecular complexity index is 1300. The summed E-state index contributed by atoms with van der Waals surface area (Å²) in [4.78, 5) is 24.2. The van der Waals surface area contributed by atoms with Crippen molar-refractivity contribution in [2.75, 3.05) is 18.0 Å². The minimum Gasteiger partial charge on any atom is -0.481 e. The molecule has 1 fully saturated rings. The molecule has 178 valence electrons. The molecule has 3 aromatic carbocycles. The number of carbonyl (C=O) groups excluding carboxylic acids is 1. The van der Waals surface area contributed by atoms with E-state index >= 15 is 0 Å². The van der Waals surface area contributed by atoms with E-state index in [9.17, 15) is 18.0 Å². The number of amides is 1. The van der Waals surface area contributed by atoms with E-state index in [0.717, 1.165) is 25.2 Å². The number of anilines is 1. The van der Waals surface area contributed by atoms with Crippen LogP contribution in [0, 0.1) is 0 Å². The summed E-state index contributed by atoms with van der Waals surface area (Å²) in [5.74, 6) is -2.47. The highest BCUT2D eigenvalue weighted by Crippen LogP contribution is 2.27. The Morgan fingerprint density at radius 1 is 1.06 bits per heavy atom. The van der Waals surface area contributed by atoms with Crippen LogP contribution in [0.5, 0.6) is 0 Å². The van der Waals surface area contributed by atoms with Crippen LogP contribution in [0.25, 0.3) is 10.8 Å². The van der Waals surface area contributed by atoms with Gasteiger partial charge in [-0.3, -0.25) is 9.59 Å². The highest BCUT2D eigenvalue weighted by atomic mass is 32.2. The number of nitrogens with zero attached hydrogens (tertiary/aromatic N) is 1. The highest BCUT2D eigenvalue weighted by Gasteiger charge is 2.25. The van der Waals surface area contributed by atoms with Gasteiger partial charge in [0.25, 0.3) is 10.0 Å². The van der Waals surface area contributed by atoms with Gasteiger partial charge in [-0.15, -0.1) is 0 Å². The van der Waals surface area contributed by atoms with Crippen LogP contribution in [0.4, 0.5) is 5.69 Å². The van der Waals surface area contributed by atoms with E-state index in [1.165, 1.54) is 28.5 Å². The van der Waals surface area contributed by atoms with E-state index in [-0.39, 0.29) is 17.0 Å². The quantitative estimate of drug-likeness (QED) is 0.424. The smallest absolute Gasteiger partial charge is 0.312 e. The van der Waals surface area contributed by atoms with Gasteiger partial charge in [0.2, 0.25) is 5.91 Å². The molecule has 0 aromatic heterocycles. The maximum absolute atomic E-state index is 12.3. The number of fused-ring (bicyclic) bond motifs is 1. The first-order valence-corrected chi connectivity index (χ1v) is 12.6. The number of hydrogen-bond donors (Lipinski definition) is 3. The van der Waals surface area contributed by atoms with Crippen molar-refractivity contribution in [1.29, 1.82) is 0 Å². The van der Waals surface area contributed by atoms with Gasteiger partial charge in [-0.05, 0) is 53.9 Å². The number of carboxylic acids is 1. The Morgan fingerprint density at radius 3 is 2.50 bits per heavy atom. The van der Waals surface area contributed by atoms with Gasteiger partial charge in [0, 0.05) is 30.9 Å². The summed E-state index contributed by atoms with van der Waals surface area (Å²) in [6, 6.07) is 21.4. The lowest BCUT2D eigenvalue weighted by Crippen LogP contribution is -2.34. The summed E-state index contributed by atoms with van der Waals surface area (Å²) < 4.78 is 26.4. The Hall–Kier alpha value is -3.43. The Kier molecular flexibility index (Phi) is 6.85. The number of sulfonamides is 1. The molecule has 9 heteroatoms. The molecular formula is C25H27N3O5S. The molecule has 1 aliphatic rings. The van der Waals surface area contributed by atoms with E-state index in [0.29, 0.717) is 0 Å². The second kappa shape index (κ2) is 9.82. The topological polar surface area (TPSA) is 116 Å². The Morgan fingerprint density at radius 2 is 1.76 bits per heavy atom. The molecule has 1 heterocycles. The fourth-order valence-electron chi connectivity index (χ4n) is 4.42. The number of rotatable bonds is 8. The molecule has 1 aliphatic heterocycles. The van der Waals surface area contributed by atoms with E-state index in [1.807, 2.05) is 6.07 Å². The average Bonchev–Trinajstić information content (AvgIpc) is 3.26. The van der Waals surface area contributed by atoms with Crippen LogP contribution in [0.15, 0.2) is 71.6 Å². The van der Waals surface area contributed by atoms with Crippen molar-refractivity contribution in [3.63, 3.8) is 0 Å². The van der Waals surface area contributed by atoms with Gasteiger partial charge in [0.1, 0.15) is 6.42 Å². The van der Waals surface area contributed by atoms with Crippen LogP contribution in [0.1, 0.15) is 31.4 Å². The summed E-state index contributed by atoms with van der Waals surface area (Å²) in [6.07, 6.45) is 0.0527. The van der Waals surface area contributed by atoms with Crippen LogP contribution in [0.2, 0.25) is 0 Å². The standard InChI is InChI=1S/C25H27N3O5S/c1-17(22-8-4-6-18-5-2-3-7-23(18)22)26-19-13-14-28(16-19)20-9-11-21(12-10-20)34(32,33)27-24(29)15-25(30)31/h2-12,17,19,26H,13-16H2,1H3,(H,27,29)(H,30,31)/t17-,19+/m1/s1. The summed E-state index contributed by atoms with van der Waals surface area (Å²) >= 11 is 0. The first-order chi connectivity index (χ1) is 16.2. The Balaban J connectivity index is 1.38. The van der Waals surface area contributed by atoms with Crippen molar-refractivity contribution < 1.29 is 23.1 Å². The third-order valence-electron chi connectivity index (χ3n) is 6.04. The molecule has 0 spiro atoms. The highest BCUT2D eigenvalue weighted by molar-refractivity contribution is 7.90. The minimum absolute atomic E-state index is 0.0894. The first-order valence-electron chi connectivity index (χ1n) is 11.1. The largest absolute Gasteiger partial charge is 0.481 e. The summed E-state index contributed by atoms with van der Waals surface area (Å²) in [7, 11) is -4.11. The summed E-state index contributed by atoms with van der Waals surface area (Å²) in [5.41, 5.74) is 2.15. The van der Waals surface area contributed by atoms with Crippen LogP contribution in [0.3, 0.4) is 0 Å². The third kappa shape index (κ3) is 5.37. The molecule has 1 saturated heterocycles. The van der Waals surface area contributed by atoms with Crippen molar-refractivity contribution in [3.8, 4) is 0 Å². The predicted molar refractivity (Wildman–Crippen MR) is 130 cm³/mol. The fourth-order valence-corrected chi connectivity index (χ4v) is 5.40. The van der Waals surface area contributed by atoms with Crippen molar-refractivity contribution in [1.82, 2.24) is 10.0 Å². The number of carboxylic acid groups (broad SMARTS) is 1. The van der Waals surface area contributed by atoms with E-state index in [2.05, 4.69) is 53.5 Å². The van der Waals surface area contributed by atoms with Gasteiger partial charge in [0.15, 0.2) is 0 Å². The van der Waals surface area contributed by atoms with Crippen molar-refractivity contribution in [2.24, 2.45) is 0 Å².